The number of anilines is 1. The average Bonchev–Trinajstić information content (AvgIpc) is 2.46. The van der Waals surface area contributed by atoms with Gasteiger partial charge in [0.05, 0.1) is 0 Å². The molecule has 0 saturated heterocycles. The normalized spacial score (nSPS) is 10.7. The van der Waals surface area contributed by atoms with E-state index in [1.807, 2.05) is 24.3 Å². The molecular weight excluding hydrogens is 334 g/mol. The van der Waals surface area contributed by atoms with E-state index in [-0.39, 0.29) is 0 Å². The fourth-order valence-corrected chi connectivity index (χ4v) is 2.75. The van der Waals surface area contributed by atoms with Crippen molar-refractivity contribution in [3.05, 3.63) is 75.7 Å². The fraction of sp³-hybridized carbons (Fsp3) is 0.0588. The van der Waals surface area contributed by atoms with E-state index in [2.05, 4.69) is 57.6 Å². The Labute approximate surface area is 131 Å². The van der Waals surface area contributed by atoms with Crippen LogP contribution >= 0.6 is 27.5 Å². The molecule has 0 fully saturated rings. The number of halogens is 2. The van der Waals surface area contributed by atoms with Crippen molar-refractivity contribution in [2.24, 2.45) is 0 Å². The summed E-state index contributed by atoms with van der Waals surface area (Å²) >= 11 is 9.65. The lowest BCUT2D eigenvalue weighted by Crippen LogP contribution is -1.99. The predicted octanol–water partition coefficient (Wildman–Crippen LogP) is 5.87. The Hall–Kier alpha value is -1.51. The number of benzene rings is 3. The van der Waals surface area contributed by atoms with E-state index in [1.165, 1.54) is 10.8 Å². The first kappa shape index (κ1) is 13.5. The highest BCUT2D eigenvalue weighted by atomic mass is 79.9. The minimum Gasteiger partial charge on any atom is -0.381 e. The van der Waals surface area contributed by atoms with Gasteiger partial charge in [0, 0.05) is 21.7 Å². The van der Waals surface area contributed by atoms with Gasteiger partial charge < -0.3 is 5.32 Å². The van der Waals surface area contributed by atoms with Crippen LogP contribution in [0.5, 0.6) is 0 Å². The summed E-state index contributed by atoms with van der Waals surface area (Å²) in [6.07, 6.45) is 0. The Kier molecular flexibility index (Phi) is 3.95. The highest BCUT2D eigenvalue weighted by molar-refractivity contribution is 9.10. The van der Waals surface area contributed by atoms with Crippen LogP contribution in [0.15, 0.2) is 65.1 Å². The van der Waals surface area contributed by atoms with E-state index >= 15 is 0 Å². The summed E-state index contributed by atoms with van der Waals surface area (Å²) in [7, 11) is 0. The minimum atomic E-state index is 0.724. The van der Waals surface area contributed by atoms with E-state index in [1.54, 1.807) is 0 Å². The van der Waals surface area contributed by atoms with Crippen molar-refractivity contribution >= 4 is 44.0 Å². The van der Waals surface area contributed by atoms with Gasteiger partial charge in [-0.25, -0.2) is 0 Å². The Morgan fingerprint density at radius 2 is 1.65 bits per heavy atom. The van der Waals surface area contributed by atoms with Gasteiger partial charge >= 0.3 is 0 Å². The van der Waals surface area contributed by atoms with Crippen molar-refractivity contribution in [3.63, 3.8) is 0 Å². The number of hydrogen-bond acceptors (Lipinski definition) is 1. The zero-order valence-corrected chi connectivity index (χ0v) is 13.1. The Morgan fingerprint density at radius 1 is 0.900 bits per heavy atom. The molecular formula is C17H13BrClN. The van der Waals surface area contributed by atoms with Crippen LogP contribution in [-0.2, 0) is 6.54 Å². The van der Waals surface area contributed by atoms with Gasteiger partial charge in [0.1, 0.15) is 0 Å². The molecule has 3 heteroatoms. The molecule has 0 aliphatic carbocycles. The third-order valence-electron chi connectivity index (χ3n) is 3.24. The summed E-state index contributed by atoms with van der Waals surface area (Å²) < 4.78 is 1.10. The van der Waals surface area contributed by atoms with Gasteiger partial charge in [-0.15, -0.1) is 0 Å². The molecule has 0 atom stereocenters. The Morgan fingerprint density at radius 3 is 2.50 bits per heavy atom. The van der Waals surface area contributed by atoms with Crippen LogP contribution in [0.4, 0.5) is 5.69 Å². The summed E-state index contributed by atoms with van der Waals surface area (Å²) in [4.78, 5) is 0. The van der Waals surface area contributed by atoms with Gasteiger partial charge in [0.15, 0.2) is 0 Å². The molecule has 3 aromatic rings. The molecule has 0 aliphatic heterocycles. The largest absolute Gasteiger partial charge is 0.381 e. The topological polar surface area (TPSA) is 12.0 Å². The number of fused-ring (bicyclic) bond motifs is 1. The molecule has 0 heterocycles. The zero-order chi connectivity index (χ0) is 13.9. The molecule has 0 saturated carbocycles. The van der Waals surface area contributed by atoms with E-state index in [0.29, 0.717) is 0 Å². The van der Waals surface area contributed by atoms with Gasteiger partial charge in [-0.05, 0) is 46.7 Å². The summed E-state index contributed by atoms with van der Waals surface area (Å²) in [6, 6.07) is 20.5. The van der Waals surface area contributed by atoms with Crippen LogP contribution in [0.3, 0.4) is 0 Å². The standard InChI is InChI=1S/C17H13BrClN/c18-15-7-5-13-10-16(8-6-12(13)9-15)20-11-14-3-1-2-4-17(14)19/h1-10,20H,11H2. The maximum atomic E-state index is 6.16. The van der Waals surface area contributed by atoms with Crippen LogP contribution < -0.4 is 5.32 Å². The molecule has 0 unspecified atom stereocenters. The highest BCUT2D eigenvalue weighted by Crippen LogP contribution is 2.24. The molecule has 1 N–H and O–H groups in total. The summed E-state index contributed by atoms with van der Waals surface area (Å²) in [6.45, 7) is 0.724. The lowest BCUT2D eigenvalue weighted by atomic mass is 10.1. The summed E-state index contributed by atoms with van der Waals surface area (Å²) in [5.74, 6) is 0. The van der Waals surface area contributed by atoms with Crippen LogP contribution in [-0.4, -0.2) is 0 Å². The molecule has 0 amide bonds. The molecule has 20 heavy (non-hydrogen) atoms. The molecule has 0 bridgehead atoms. The van der Waals surface area contributed by atoms with Crippen molar-refractivity contribution in [2.75, 3.05) is 5.32 Å². The van der Waals surface area contributed by atoms with Crippen molar-refractivity contribution in [1.82, 2.24) is 0 Å². The number of hydrogen-bond donors (Lipinski definition) is 1. The Balaban J connectivity index is 1.81. The van der Waals surface area contributed by atoms with E-state index in [4.69, 9.17) is 11.6 Å². The molecule has 100 valence electrons. The first-order valence-corrected chi connectivity index (χ1v) is 7.56. The molecule has 1 nitrogen and oxygen atoms in total. The van der Waals surface area contributed by atoms with Crippen molar-refractivity contribution in [2.45, 2.75) is 6.54 Å². The van der Waals surface area contributed by atoms with E-state index in [9.17, 15) is 0 Å². The van der Waals surface area contributed by atoms with Crippen molar-refractivity contribution < 1.29 is 0 Å². The molecule has 0 aromatic heterocycles. The van der Waals surface area contributed by atoms with E-state index in [0.717, 1.165) is 27.3 Å². The lowest BCUT2D eigenvalue weighted by Gasteiger charge is -2.09. The molecule has 3 aromatic carbocycles. The van der Waals surface area contributed by atoms with Gasteiger partial charge in [0.2, 0.25) is 0 Å². The van der Waals surface area contributed by atoms with Crippen LogP contribution in [0.2, 0.25) is 5.02 Å². The first-order chi connectivity index (χ1) is 9.72. The van der Waals surface area contributed by atoms with Gasteiger partial charge in [-0.3, -0.25) is 0 Å². The van der Waals surface area contributed by atoms with Crippen LogP contribution in [0.25, 0.3) is 10.8 Å². The average molecular weight is 347 g/mol. The quantitative estimate of drug-likeness (QED) is 0.625. The number of rotatable bonds is 3. The van der Waals surface area contributed by atoms with Gasteiger partial charge in [0.25, 0.3) is 0 Å². The third kappa shape index (κ3) is 2.97. The monoisotopic (exact) mass is 345 g/mol. The minimum absolute atomic E-state index is 0.724. The SMILES string of the molecule is Clc1ccccc1CNc1ccc2cc(Br)ccc2c1. The second-order valence-electron chi connectivity index (χ2n) is 4.65. The molecule has 3 rings (SSSR count). The van der Waals surface area contributed by atoms with E-state index < -0.39 is 0 Å². The highest BCUT2D eigenvalue weighted by Gasteiger charge is 2.00. The first-order valence-electron chi connectivity index (χ1n) is 6.39. The maximum absolute atomic E-state index is 6.16. The third-order valence-corrected chi connectivity index (χ3v) is 4.11. The fourth-order valence-electron chi connectivity index (χ4n) is 2.17. The van der Waals surface area contributed by atoms with Crippen molar-refractivity contribution in [1.29, 1.82) is 0 Å². The van der Waals surface area contributed by atoms with Crippen molar-refractivity contribution in [3.8, 4) is 0 Å². The molecule has 0 radical (unpaired) electrons. The molecule has 0 aliphatic rings. The zero-order valence-electron chi connectivity index (χ0n) is 10.7. The van der Waals surface area contributed by atoms with Crippen LogP contribution in [0.1, 0.15) is 5.56 Å². The van der Waals surface area contributed by atoms with Gasteiger partial charge in [-0.2, -0.15) is 0 Å². The van der Waals surface area contributed by atoms with Crippen LogP contribution in [0, 0.1) is 0 Å². The lowest BCUT2D eigenvalue weighted by molar-refractivity contribution is 1.15. The second kappa shape index (κ2) is 5.86. The number of nitrogens with one attached hydrogen (secondary N) is 1. The summed E-state index contributed by atoms with van der Waals surface area (Å²) in [5, 5.41) is 6.65. The Bertz CT molecular complexity index is 755. The van der Waals surface area contributed by atoms with Gasteiger partial charge in [-0.1, -0.05) is 57.9 Å². The maximum Gasteiger partial charge on any atom is 0.0455 e. The summed E-state index contributed by atoms with van der Waals surface area (Å²) in [5.41, 5.74) is 2.20. The predicted molar refractivity (Wildman–Crippen MR) is 90.4 cm³/mol. The smallest absolute Gasteiger partial charge is 0.0455 e. The second-order valence-corrected chi connectivity index (χ2v) is 5.97. The molecule has 0 spiro atoms.